The van der Waals surface area contributed by atoms with Gasteiger partial charge in [0, 0.05) is 11.0 Å². The van der Waals surface area contributed by atoms with Crippen LogP contribution in [0.15, 0.2) is 22.7 Å². The summed E-state index contributed by atoms with van der Waals surface area (Å²) in [6.07, 6.45) is -5.24. The molecule has 0 spiro atoms. The van der Waals surface area contributed by atoms with Crippen molar-refractivity contribution >= 4 is 22.0 Å². The highest BCUT2D eigenvalue weighted by molar-refractivity contribution is 9.10. The van der Waals surface area contributed by atoms with E-state index in [2.05, 4.69) is 21.2 Å². The number of hydrogen-bond donors (Lipinski definition) is 1. The number of carbonyl (C=O) groups is 1. The fraction of sp³-hybridized carbons (Fsp3) is 0.462. The molecule has 112 valence electrons. The first-order valence-electron chi connectivity index (χ1n) is 5.82. The van der Waals surface area contributed by atoms with Gasteiger partial charge in [0.1, 0.15) is 5.60 Å². The SMILES string of the molecule is CC(C)(C)OC(=O)NCc1c(Br)cccc1C(F)(F)F. The zero-order valence-corrected chi connectivity index (χ0v) is 12.9. The molecule has 1 aromatic carbocycles. The molecule has 20 heavy (non-hydrogen) atoms. The summed E-state index contributed by atoms with van der Waals surface area (Å²) in [5.41, 5.74) is -1.53. The molecule has 0 radical (unpaired) electrons. The molecule has 0 bridgehead atoms. The van der Waals surface area contributed by atoms with Gasteiger partial charge in [-0.25, -0.2) is 4.79 Å². The number of alkyl carbamates (subject to hydrolysis) is 1. The van der Waals surface area contributed by atoms with Crippen LogP contribution < -0.4 is 5.32 Å². The van der Waals surface area contributed by atoms with Gasteiger partial charge in [-0.1, -0.05) is 22.0 Å². The molecular weight excluding hydrogens is 339 g/mol. The Morgan fingerprint density at radius 3 is 2.40 bits per heavy atom. The molecule has 0 heterocycles. The smallest absolute Gasteiger partial charge is 0.416 e. The summed E-state index contributed by atoms with van der Waals surface area (Å²) >= 11 is 3.06. The van der Waals surface area contributed by atoms with Crippen molar-refractivity contribution in [2.24, 2.45) is 0 Å². The van der Waals surface area contributed by atoms with Crippen LogP contribution in [0.5, 0.6) is 0 Å². The molecule has 0 aliphatic rings. The van der Waals surface area contributed by atoms with Crippen LogP contribution in [-0.2, 0) is 17.5 Å². The summed E-state index contributed by atoms with van der Waals surface area (Å²) in [6, 6.07) is 3.75. The van der Waals surface area contributed by atoms with Crippen LogP contribution >= 0.6 is 15.9 Å². The summed E-state index contributed by atoms with van der Waals surface area (Å²) < 4.78 is 43.8. The lowest BCUT2D eigenvalue weighted by Crippen LogP contribution is -2.32. The monoisotopic (exact) mass is 353 g/mol. The molecule has 0 aromatic heterocycles. The molecule has 0 atom stereocenters. The minimum Gasteiger partial charge on any atom is -0.444 e. The van der Waals surface area contributed by atoms with Crippen LogP contribution in [0.1, 0.15) is 31.9 Å². The summed E-state index contributed by atoms with van der Waals surface area (Å²) in [6.45, 7) is 4.75. The van der Waals surface area contributed by atoms with E-state index >= 15 is 0 Å². The molecule has 1 rings (SSSR count). The molecule has 0 saturated heterocycles. The third-order valence-corrected chi connectivity index (χ3v) is 2.98. The molecule has 0 saturated carbocycles. The molecule has 0 aliphatic carbocycles. The molecule has 7 heteroatoms. The average molecular weight is 354 g/mol. The largest absolute Gasteiger partial charge is 0.444 e. The molecule has 0 unspecified atom stereocenters. The summed E-state index contributed by atoms with van der Waals surface area (Å²) in [5.74, 6) is 0. The van der Waals surface area contributed by atoms with E-state index in [1.807, 2.05) is 0 Å². The van der Waals surface area contributed by atoms with Crippen LogP contribution in [0, 0.1) is 0 Å². The lowest BCUT2D eigenvalue weighted by molar-refractivity contribution is -0.138. The van der Waals surface area contributed by atoms with Crippen molar-refractivity contribution in [1.29, 1.82) is 0 Å². The van der Waals surface area contributed by atoms with Gasteiger partial charge in [0.15, 0.2) is 0 Å². The number of halogens is 4. The second-order valence-corrected chi connectivity index (χ2v) is 5.97. The first-order valence-corrected chi connectivity index (χ1v) is 6.61. The Balaban J connectivity index is 2.86. The van der Waals surface area contributed by atoms with Crippen LogP contribution in [-0.4, -0.2) is 11.7 Å². The Morgan fingerprint density at radius 2 is 1.90 bits per heavy atom. The van der Waals surface area contributed by atoms with E-state index in [1.165, 1.54) is 12.1 Å². The summed E-state index contributed by atoms with van der Waals surface area (Å²) in [7, 11) is 0. The van der Waals surface area contributed by atoms with Gasteiger partial charge in [0.2, 0.25) is 0 Å². The van der Waals surface area contributed by atoms with E-state index < -0.39 is 23.4 Å². The van der Waals surface area contributed by atoms with Crippen molar-refractivity contribution < 1.29 is 22.7 Å². The van der Waals surface area contributed by atoms with E-state index in [-0.39, 0.29) is 16.6 Å². The van der Waals surface area contributed by atoms with Crippen LogP contribution in [0.25, 0.3) is 0 Å². The standard InChI is InChI=1S/C13H15BrF3NO2/c1-12(2,3)20-11(19)18-7-8-9(13(15,16)17)5-4-6-10(8)14/h4-6H,7H2,1-3H3,(H,18,19). The molecule has 1 amide bonds. The van der Waals surface area contributed by atoms with Gasteiger partial charge in [-0.2, -0.15) is 13.2 Å². The van der Waals surface area contributed by atoms with E-state index in [0.717, 1.165) is 6.07 Å². The highest BCUT2D eigenvalue weighted by Gasteiger charge is 2.34. The van der Waals surface area contributed by atoms with Gasteiger partial charge in [-0.05, 0) is 38.5 Å². The number of amides is 1. The molecule has 0 fully saturated rings. The maximum Gasteiger partial charge on any atom is 0.416 e. The first kappa shape index (κ1) is 16.8. The number of rotatable bonds is 2. The van der Waals surface area contributed by atoms with Crippen molar-refractivity contribution in [2.75, 3.05) is 0 Å². The van der Waals surface area contributed by atoms with E-state index in [1.54, 1.807) is 20.8 Å². The topological polar surface area (TPSA) is 38.3 Å². The molecule has 1 aromatic rings. The van der Waals surface area contributed by atoms with E-state index in [0.29, 0.717) is 0 Å². The second-order valence-electron chi connectivity index (χ2n) is 5.12. The third kappa shape index (κ3) is 5.03. The normalized spacial score (nSPS) is 12.2. The van der Waals surface area contributed by atoms with Crippen LogP contribution in [0.3, 0.4) is 0 Å². The van der Waals surface area contributed by atoms with Gasteiger partial charge < -0.3 is 10.1 Å². The van der Waals surface area contributed by atoms with E-state index in [4.69, 9.17) is 4.74 Å². The maximum absolute atomic E-state index is 12.9. The van der Waals surface area contributed by atoms with E-state index in [9.17, 15) is 18.0 Å². The maximum atomic E-state index is 12.9. The van der Waals surface area contributed by atoms with Crippen molar-refractivity contribution in [3.8, 4) is 0 Å². The quantitative estimate of drug-likeness (QED) is 0.850. The minimum atomic E-state index is -4.48. The number of alkyl halides is 3. The molecule has 3 nitrogen and oxygen atoms in total. The number of nitrogens with one attached hydrogen (secondary N) is 1. The van der Waals surface area contributed by atoms with Crippen LogP contribution in [0.4, 0.5) is 18.0 Å². The second kappa shape index (κ2) is 6.03. The number of hydrogen-bond acceptors (Lipinski definition) is 2. The van der Waals surface area contributed by atoms with Crippen molar-refractivity contribution in [3.05, 3.63) is 33.8 Å². The fourth-order valence-electron chi connectivity index (χ4n) is 1.48. The summed E-state index contributed by atoms with van der Waals surface area (Å²) in [4.78, 5) is 11.5. The fourth-order valence-corrected chi connectivity index (χ4v) is 1.99. The van der Waals surface area contributed by atoms with Gasteiger partial charge in [-0.15, -0.1) is 0 Å². The predicted molar refractivity (Wildman–Crippen MR) is 72.2 cm³/mol. The highest BCUT2D eigenvalue weighted by Crippen LogP contribution is 2.35. The molecule has 1 N–H and O–H groups in total. The van der Waals surface area contributed by atoms with Crippen LogP contribution in [0.2, 0.25) is 0 Å². The summed E-state index contributed by atoms with van der Waals surface area (Å²) in [5, 5.41) is 2.32. The Kier molecular flexibility index (Phi) is 5.07. The Hall–Kier alpha value is -1.24. The Bertz CT molecular complexity index is 495. The Labute approximate surface area is 123 Å². The van der Waals surface area contributed by atoms with Crippen molar-refractivity contribution in [2.45, 2.75) is 39.1 Å². The van der Waals surface area contributed by atoms with Gasteiger partial charge >= 0.3 is 12.3 Å². The van der Waals surface area contributed by atoms with Gasteiger partial charge in [0.25, 0.3) is 0 Å². The predicted octanol–water partition coefficient (Wildman–Crippen LogP) is 4.49. The Morgan fingerprint density at radius 1 is 1.30 bits per heavy atom. The van der Waals surface area contributed by atoms with Crippen molar-refractivity contribution in [3.63, 3.8) is 0 Å². The number of benzene rings is 1. The zero-order valence-electron chi connectivity index (χ0n) is 11.3. The minimum absolute atomic E-state index is 0.0362. The average Bonchev–Trinajstić information content (AvgIpc) is 2.23. The van der Waals surface area contributed by atoms with Gasteiger partial charge in [-0.3, -0.25) is 0 Å². The first-order chi connectivity index (χ1) is 9.00. The lowest BCUT2D eigenvalue weighted by atomic mass is 10.1. The zero-order chi connectivity index (χ0) is 15.6. The molecular formula is C13H15BrF3NO2. The third-order valence-electron chi connectivity index (χ3n) is 2.23. The number of ether oxygens (including phenoxy) is 1. The lowest BCUT2D eigenvalue weighted by Gasteiger charge is -2.20. The molecule has 0 aliphatic heterocycles. The number of carbonyl (C=O) groups excluding carboxylic acids is 1. The highest BCUT2D eigenvalue weighted by atomic mass is 79.9. The van der Waals surface area contributed by atoms with Gasteiger partial charge in [0.05, 0.1) is 5.56 Å². The van der Waals surface area contributed by atoms with Crippen molar-refractivity contribution in [1.82, 2.24) is 5.32 Å².